The lowest BCUT2D eigenvalue weighted by Gasteiger charge is -2.32. The van der Waals surface area contributed by atoms with Crippen LogP contribution in [0.4, 0.5) is 0 Å². The van der Waals surface area contributed by atoms with Gasteiger partial charge in [-0.1, -0.05) is 36.8 Å². The van der Waals surface area contributed by atoms with Gasteiger partial charge in [0.05, 0.1) is 6.04 Å². The SMILES string of the molecule is CN1CCCC[C@H]2[C@H]1C[C@@H](c1ccccc1)N2C(=O)c1c[nH]c(=O)[nH]1. The first kappa shape index (κ1) is 16.1. The molecule has 0 radical (unpaired) electrons. The van der Waals surface area contributed by atoms with Gasteiger partial charge in [0.25, 0.3) is 5.91 Å². The molecule has 2 saturated heterocycles. The molecule has 0 unspecified atom stereocenters. The van der Waals surface area contributed by atoms with Crippen LogP contribution in [0, 0.1) is 0 Å². The molecule has 0 aliphatic carbocycles. The molecular formula is C19H24N4O2. The van der Waals surface area contributed by atoms with E-state index in [1.165, 1.54) is 12.6 Å². The third kappa shape index (κ3) is 2.91. The molecule has 2 aromatic rings. The van der Waals surface area contributed by atoms with Gasteiger partial charge in [-0.05, 0) is 38.4 Å². The highest BCUT2D eigenvalue weighted by atomic mass is 16.2. The first-order chi connectivity index (χ1) is 12.1. The van der Waals surface area contributed by atoms with E-state index in [0.29, 0.717) is 11.7 Å². The minimum Gasteiger partial charge on any atom is -0.326 e. The summed E-state index contributed by atoms with van der Waals surface area (Å²) in [5.74, 6) is -0.0880. The number of hydrogen-bond donors (Lipinski definition) is 2. The highest BCUT2D eigenvalue weighted by Gasteiger charge is 2.46. The molecule has 3 heterocycles. The monoisotopic (exact) mass is 340 g/mol. The van der Waals surface area contributed by atoms with Gasteiger partial charge in [0.15, 0.2) is 0 Å². The summed E-state index contributed by atoms with van der Waals surface area (Å²) in [4.78, 5) is 34.3. The molecular weight excluding hydrogens is 316 g/mol. The summed E-state index contributed by atoms with van der Waals surface area (Å²) < 4.78 is 0. The summed E-state index contributed by atoms with van der Waals surface area (Å²) in [6.07, 6.45) is 5.73. The molecule has 6 nitrogen and oxygen atoms in total. The fourth-order valence-corrected chi connectivity index (χ4v) is 4.45. The van der Waals surface area contributed by atoms with Crippen molar-refractivity contribution in [3.05, 3.63) is 58.3 Å². The second-order valence-electron chi connectivity index (χ2n) is 7.14. The number of amides is 1. The Balaban J connectivity index is 1.74. The lowest BCUT2D eigenvalue weighted by atomic mass is 10.0. The number of likely N-dealkylation sites (N-methyl/N-ethyl adjacent to an activating group) is 1. The molecule has 0 bridgehead atoms. The lowest BCUT2D eigenvalue weighted by molar-refractivity contribution is 0.0626. The third-order valence-corrected chi connectivity index (χ3v) is 5.67. The van der Waals surface area contributed by atoms with E-state index in [1.807, 2.05) is 23.1 Å². The maximum Gasteiger partial charge on any atom is 0.323 e. The molecule has 1 aromatic heterocycles. The number of fused-ring (bicyclic) bond motifs is 1. The van der Waals surface area contributed by atoms with Crippen LogP contribution in [0.15, 0.2) is 41.3 Å². The number of carbonyl (C=O) groups is 1. The van der Waals surface area contributed by atoms with Crippen LogP contribution in [0.2, 0.25) is 0 Å². The topological polar surface area (TPSA) is 72.2 Å². The van der Waals surface area contributed by atoms with Crippen LogP contribution in [0.1, 0.15) is 47.8 Å². The summed E-state index contributed by atoms with van der Waals surface area (Å²) in [6, 6.07) is 10.8. The normalized spacial score (nSPS) is 27.1. The summed E-state index contributed by atoms with van der Waals surface area (Å²) in [5, 5.41) is 0. The van der Waals surface area contributed by atoms with Crippen molar-refractivity contribution in [1.29, 1.82) is 0 Å². The Hall–Kier alpha value is -2.34. The van der Waals surface area contributed by atoms with Crippen LogP contribution in [0.3, 0.4) is 0 Å². The molecule has 25 heavy (non-hydrogen) atoms. The Bertz CT molecular complexity index is 797. The van der Waals surface area contributed by atoms with E-state index in [0.717, 1.165) is 31.4 Å². The number of nitrogens with one attached hydrogen (secondary N) is 2. The maximum atomic E-state index is 13.2. The Labute approximate surface area is 146 Å². The third-order valence-electron chi connectivity index (χ3n) is 5.67. The van der Waals surface area contributed by atoms with E-state index < -0.39 is 0 Å². The van der Waals surface area contributed by atoms with Gasteiger partial charge >= 0.3 is 5.69 Å². The average Bonchev–Trinajstić information content (AvgIpc) is 3.18. The zero-order valence-electron chi connectivity index (χ0n) is 14.4. The molecule has 3 atom stereocenters. The molecule has 4 rings (SSSR count). The molecule has 0 saturated carbocycles. The maximum absolute atomic E-state index is 13.2. The van der Waals surface area contributed by atoms with Crippen molar-refractivity contribution in [1.82, 2.24) is 19.8 Å². The summed E-state index contributed by atoms with van der Waals surface area (Å²) in [7, 11) is 2.16. The number of aromatic nitrogens is 2. The minimum absolute atomic E-state index is 0.0441. The van der Waals surface area contributed by atoms with Crippen molar-refractivity contribution in [2.24, 2.45) is 0 Å². The number of likely N-dealkylation sites (tertiary alicyclic amines) is 2. The number of aromatic amines is 2. The highest BCUT2D eigenvalue weighted by Crippen LogP contribution is 2.42. The highest BCUT2D eigenvalue weighted by molar-refractivity contribution is 5.93. The van der Waals surface area contributed by atoms with E-state index in [2.05, 4.69) is 34.0 Å². The van der Waals surface area contributed by atoms with E-state index in [4.69, 9.17) is 0 Å². The van der Waals surface area contributed by atoms with Gasteiger partial charge in [0.2, 0.25) is 0 Å². The van der Waals surface area contributed by atoms with Crippen LogP contribution in [0.5, 0.6) is 0 Å². The van der Waals surface area contributed by atoms with Crippen molar-refractivity contribution in [3.63, 3.8) is 0 Å². The van der Waals surface area contributed by atoms with Gasteiger partial charge in [-0.25, -0.2) is 4.79 Å². The molecule has 2 N–H and O–H groups in total. The molecule has 0 spiro atoms. The van der Waals surface area contributed by atoms with Crippen LogP contribution in [-0.2, 0) is 0 Å². The number of benzene rings is 1. The van der Waals surface area contributed by atoms with Crippen molar-refractivity contribution >= 4 is 5.91 Å². The molecule has 6 heteroatoms. The Morgan fingerprint density at radius 1 is 1.16 bits per heavy atom. The lowest BCUT2D eigenvalue weighted by Crippen LogP contribution is -2.44. The molecule has 2 fully saturated rings. The van der Waals surface area contributed by atoms with Gasteiger partial charge in [-0.2, -0.15) is 0 Å². The van der Waals surface area contributed by atoms with E-state index in [1.54, 1.807) is 0 Å². The van der Waals surface area contributed by atoms with Crippen molar-refractivity contribution in [2.75, 3.05) is 13.6 Å². The standard InChI is InChI=1S/C19H24N4O2/c1-22-10-6-5-9-15-17(22)11-16(13-7-3-2-4-8-13)23(15)18(24)14-12-20-19(25)21-14/h2-4,7-8,12,15-17H,5-6,9-11H2,1H3,(H2,20,21,25)/t15-,16-,17+/m0/s1. The molecule has 2 aliphatic heterocycles. The van der Waals surface area contributed by atoms with Crippen molar-refractivity contribution in [2.45, 2.75) is 43.8 Å². The van der Waals surface area contributed by atoms with E-state index in [9.17, 15) is 9.59 Å². The summed E-state index contributed by atoms with van der Waals surface area (Å²) in [5.41, 5.74) is 1.17. The molecule has 132 valence electrons. The number of imidazole rings is 1. The van der Waals surface area contributed by atoms with E-state index in [-0.39, 0.29) is 23.7 Å². The van der Waals surface area contributed by atoms with Crippen LogP contribution in [0.25, 0.3) is 0 Å². The van der Waals surface area contributed by atoms with Crippen LogP contribution < -0.4 is 5.69 Å². The fraction of sp³-hybridized carbons (Fsp3) is 0.474. The van der Waals surface area contributed by atoms with Crippen molar-refractivity contribution in [3.8, 4) is 0 Å². The predicted octanol–water partition coefficient (Wildman–Crippen LogP) is 2.14. The van der Waals surface area contributed by atoms with Crippen LogP contribution >= 0.6 is 0 Å². The first-order valence-corrected chi connectivity index (χ1v) is 9.00. The van der Waals surface area contributed by atoms with Crippen LogP contribution in [-0.4, -0.2) is 51.4 Å². The van der Waals surface area contributed by atoms with Gasteiger partial charge in [0.1, 0.15) is 5.69 Å². The van der Waals surface area contributed by atoms with Gasteiger partial charge in [-0.3, -0.25) is 4.79 Å². The largest absolute Gasteiger partial charge is 0.326 e. The second-order valence-corrected chi connectivity index (χ2v) is 7.14. The van der Waals surface area contributed by atoms with Gasteiger partial charge in [-0.15, -0.1) is 0 Å². The summed E-state index contributed by atoms with van der Waals surface area (Å²) in [6.45, 7) is 1.08. The zero-order valence-corrected chi connectivity index (χ0v) is 14.4. The van der Waals surface area contributed by atoms with E-state index >= 15 is 0 Å². The Morgan fingerprint density at radius 2 is 1.96 bits per heavy atom. The molecule has 2 aliphatic rings. The number of nitrogens with zero attached hydrogens (tertiary/aromatic N) is 2. The Morgan fingerprint density at radius 3 is 2.68 bits per heavy atom. The van der Waals surface area contributed by atoms with Gasteiger partial charge < -0.3 is 19.8 Å². The smallest absolute Gasteiger partial charge is 0.323 e. The fourth-order valence-electron chi connectivity index (χ4n) is 4.45. The molecule has 1 amide bonds. The van der Waals surface area contributed by atoms with Crippen molar-refractivity contribution < 1.29 is 4.79 Å². The number of hydrogen-bond acceptors (Lipinski definition) is 3. The number of carbonyl (C=O) groups excluding carboxylic acids is 1. The second kappa shape index (κ2) is 6.52. The zero-order chi connectivity index (χ0) is 17.4. The number of H-pyrrole nitrogens is 2. The quantitative estimate of drug-likeness (QED) is 0.880. The summed E-state index contributed by atoms with van der Waals surface area (Å²) >= 11 is 0. The number of rotatable bonds is 2. The molecule has 1 aromatic carbocycles. The minimum atomic E-state index is -0.339. The average molecular weight is 340 g/mol. The predicted molar refractivity (Wildman–Crippen MR) is 95.4 cm³/mol. The Kier molecular flexibility index (Phi) is 4.21. The first-order valence-electron chi connectivity index (χ1n) is 9.00. The van der Waals surface area contributed by atoms with Gasteiger partial charge in [0, 0.05) is 18.3 Å².